The molecule has 5 nitrogen and oxygen atoms in total. The van der Waals surface area contributed by atoms with Gasteiger partial charge in [-0.1, -0.05) is 12.1 Å². The van der Waals surface area contributed by atoms with Crippen molar-refractivity contribution in [2.75, 3.05) is 5.32 Å². The Morgan fingerprint density at radius 3 is 2.74 bits per heavy atom. The van der Waals surface area contributed by atoms with Gasteiger partial charge in [-0.15, -0.1) is 11.3 Å². The van der Waals surface area contributed by atoms with E-state index in [-0.39, 0.29) is 11.8 Å². The number of aryl methyl sites for hydroxylation is 1. The fraction of sp³-hybridized carbons (Fsp3) is 0.176. The van der Waals surface area contributed by atoms with Crippen molar-refractivity contribution in [3.8, 4) is 0 Å². The molecule has 2 heterocycles. The third-order valence-corrected chi connectivity index (χ3v) is 4.54. The van der Waals surface area contributed by atoms with Crippen LogP contribution in [0, 0.1) is 0 Å². The van der Waals surface area contributed by atoms with E-state index in [1.807, 2.05) is 47.5 Å². The van der Waals surface area contributed by atoms with E-state index in [0.29, 0.717) is 4.88 Å². The number of rotatable bonds is 4. The summed E-state index contributed by atoms with van der Waals surface area (Å²) in [5.41, 5.74) is 1.78. The van der Waals surface area contributed by atoms with Gasteiger partial charge in [0.05, 0.1) is 10.6 Å². The Morgan fingerprint density at radius 1 is 1.17 bits per heavy atom. The van der Waals surface area contributed by atoms with Crippen molar-refractivity contribution in [3.05, 3.63) is 52.9 Å². The number of anilines is 1. The number of aromatic nitrogens is 1. The van der Waals surface area contributed by atoms with Crippen molar-refractivity contribution in [1.82, 2.24) is 9.88 Å². The molecule has 2 N–H and O–H groups in total. The second-order valence-electron chi connectivity index (χ2n) is 5.33. The highest BCUT2D eigenvalue weighted by Crippen LogP contribution is 2.23. The van der Waals surface area contributed by atoms with Crippen LogP contribution in [0.3, 0.4) is 0 Å². The number of thiophene rings is 1. The number of benzene rings is 1. The molecule has 0 aliphatic rings. The summed E-state index contributed by atoms with van der Waals surface area (Å²) in [6.45, 7) is 1.67. The Kier molecular flexibility index (Phi) is 4.16. The first-order valence-corrected chi connectivity index (χ1v) is 8.13. The quantitative estimate of drug-likeness (QED) is 0.774. The molecule has 0 saturated heterocycles. The standard InChI is InChI=1S/C17H17N3O2S/c1-11(18-17(22)15-7-4-10-23-15)16(21)19-13-5-3-6-14-12(13)8-9-20(14)2/h3-11H,1-2H3,(H,18,22)(H,19,21). The van der Waals surface area contributed by atoms with E-state index in [4.69, 9.17) is 0 Å². The van der Waals surface area contributed by atoms with E-state index in [0.717, 1.165) is 16.6 Å². The summed E-state index contributed by atoms with van der Waals surface area (Å²) in [4.78, 5) is 24.9. The fourth-order valence-electron chi connectivity index (χ4n) is 2.39. The predicted octanol–water partition coefficient (Wildman–Crippen LogP) is 3.00. The van der Waals surface area contributed by atoms with Gasteiger partial charge in [0.25, 0.3) is 5.91 Å². The van der Waals surface area contributed by atoms with Crippen LogP contribution in [0.15, 0.2) is 48.0 Å². The lowest BCUT2D eigenvalue weighted by atomic mass is 10.2. The van der Waals surface area contributed by atoms with E-state index >= 15 is 0 Å². The lowest BCUT2D eigenvalue weighted by Crippen LogP contribution is -2.41. The van der Waals surface area contributed by atoms with Gasteiger partial charge in [-0.25, -0.2) is 0 Å². The number of carbonyl (C=O) groups is 2. The van der Waals surface area contributed by atoms with E-state index in [2.05, 4.69) is 10.6 Å². The first-order chi connectivity index (χ1) is 11.1. The van der Waals surface area contributed by atoms with Gasteiger partial charge in [-0.2, -0.15) is 0 Å². The second-order valence-corrected chi connectivity index (χ2v) is 6.27. The molecule has 3 aromatic rings. The van der Waals surface area contributed by atoms with Crippen molar-refractivity contribution in [2.45, 2.75) is 13.0 Å². The molecule has 1 atom stereocenters. The first-order valence-electron chi connectivity index (χ1n) is 7.25. The summed E-state index contributed by atoms with van der Waals surface area (Å²) in [6, 6.07) is 10.6. The number of fused-ring (bicyclic) bond motifs is 1. The minimum absolute atomic E-state index is 0.236. The van der Waals surface area contributed by atoms with Crippen LogP contribution in [0.2, 0.25) is 0 Å². The Morgan fingerprint density at radius 2 is 2.00 bits per heavy atom. The molecule has 6 heteroatoms. The van der Waals surface area contributed by atoms with E-state index < -0.39 is 6.04 Å². The third-order valence-electron chi connectivity index (χ3n) is 3.67. The van der Waals surface area contributed by atoms with Crippen molar-refractivity contribution < 1.29 is 9.59 Å². The number of nitrogens with zero attached hydrogens (tertiary/aromatic N) is 1. The van der Waals surface area contributed by atoms with Gasteiger partial charge in [0.2, 0.25) is 5.91 Å². The van der Waals surface area contributed by atoms with E-state index in [1.54, 1.807) is 19.1 Å². The summed E-state index contributed by atoms with van der Waals surface area (Å²) in [7, 11) is 1.96. The molecule has 3 rings (SSSR count). The Balaban J connectivity index is 1.71. The van der Waals surface area contributed by atoms with Crippen LogP contribution in [0.5, 0.6) is 0 Å². The van der Waals surface area contributed by atoms with Crippen molar-refractivity contribution >= 4 is 39.7 Å². The number of nitrogens with one attached hydrogen (secondary N) is 2. The molecule has 23 heavy (non-hydrogen) atoms. The number of carbonyl (C=O) groups excluding carboxylic acids is 2. The molecule has 1 unspecified atom stereocenters. The smallest absolute Gasteiger partial charge is 0.261 e. The summed E-state index contributed by atoms with van der Waals surface area (Å²) in [5.74, 6) is -0.480. The number of hydrogen-bond donors (Lipinski definition) is 2. The topological polar surface area (TPSA) is 63.1 Å². The summed E-state index contributed by atoms with van der Waals surface area (Å²) < 4.78 is 1.99. The average Bonchev–Trinajstić information content (AvgIpc) is 3.18. The van der Waals surface area contributed by atoms with Gasteiger partial charge < -0.3 is 15.2 Å². The molecule has 2 amide bonds. The zero-order chi connectivity index (χ0) is 16.4. The maximum absolute atomic E-state index is 12.3. The van der Waals surface area contributed by atoms with Crippen LogP contribution < -0.4 is 10.6 Å². The molecule has 0 saturated carbocycles. The SMILES string of the molecule is CC(NC(=O)c1cccs1)C(=O)Nc1cccc2c1ccn2C. The van der Waals surface area contributed by atoms with Crippen LogP contribution in [0.4, 0.5) is 5.69 Å². The maximum atomic E-state index is 12.3. The molecule has 0 spiro atoms. The third kappa shape index (κ3) is 3.12. The van der Waals surface area contributed by atoms with Gasteiger partial charge >= 0.3 is 0 Å². The van der Waals surface area contributed by atoms with Crippen molar-refractivity contribution in [2.24, 2.45) is 7.05 Å². The van der Waals surface area contributed by atoms with Crippen LogP contribution in [0.25, 0.3) is 10.9 Å². The monoisotopic (exact) mass is 327 g/mol. The average molecular weight is 327 g/mol. The summed E-state index contributed by atoms with van der Waals surface area (Å²) >= 11 is 1.35. The van der Waals surface area contributed by atoms with Crippen molar-refractivity contribution in [1.29, 1.82) is 0 Å². The zero-order valence-electron chi connectivity index (χ0n) is 12.9. The Bertz CT molecular complexity index is 852. The Hall–Kier alpha value is -2.60. The zero-order valence-corrected chi connectivity index (χ0v) is 13.7. The molecule has 0 aliphatic heterocycles. The highest BCUT2D eigenvalue weighted by Gasteiger charge is 2.18. The van der Waals surface area contributed by atoms with Gasteiger partial charge in [-0.3, -0.25) is 9.59 Å². The van der Waals surface area contributed by atoms with E-state index in [1.165, 1.54) is 11.3 Å². The lowest BCUT2D eigenvalue weighted by Gasteiger charge is -2.14. The molecular formula is C17H17N3O2S. The molecule has 1 aromatic carbocycles. The molecule has 2 aromatic heterocycles. The van der Waals surface area contributed by atoms with Crippen LogP contribution in [-0.4, -0.2) is 22.4 Å². The lowest BCUT2D eigenvalue weighted by molar-refractivity contribution is -0.117. The van der Waals surface area contributed by atoms with Crippen LogP contribution in [0.1, 0.15) is 16.6 Å². The van der Waals surface area contributed by atoms with Gasteiger partial charge in [0, 0.05) is 24.1 Å². The van der Waals surface area contributed by atoms with Crippen LogP contribution >= 0.6 is 11.3 Å². The number of amides is 2. The molecule has 0 fully saturated rings. The maximum Gasteiger partial charge on any atom is 0.261 e. The second kappa shape index (κ2) is 6.26. The fourth-order valence-corrected chi connectivity index (χ4v) is 3.02. The minimum Gasteiger partial charge on any atom is -0.350 e. The normalized spacial score (nSPS) is 12.1. The van der Waals surface area contributed by atoms with Gasteiger partial charge in [0.1, 0.15) is 6.04 Å². The van der Waals surface area contributed by atoms with Crippen molar-refractivity contribution in [3.63, 3.8) is 0 Å². The molecule has 0 bridgehead atoms. The van der Waals surface area contributed by atoms with Gasteiger partial charge in [-0.05, 0) is 36.6 Å². The molecule has 0 aliphatic carbocycles. The Labute approximate surface area is 137 Å². The molecule has 0 radical (unpaired) electrons. The van der Waals surface area contributed by atoms with Gasteiger partial charge in [0.15, 0.2) is 0 Å². The van der Waals surface area contributed by atoms with E-state index in [9.17, 15) is 9.59 Å². The molecule has 118 valence electrons. The summed E-state index contributed by atoms with van der Waals surface area (Å²) in [6.07, 6.45) is 1.95. The summed E-state index contributed by atoms with van der Waals surface area (Å²) in [5, 5.41) is 8.40. The first kappa shape index (κ1) is 15.3. The molecular weight excluding hydrogens is 310 g/mol. The number of hydrogen-bond acceptors (Lipinski definition) is 3. The highest BCUT2D eigenvalue weighted by atomic mass is 32.1. The predicted molar refractivity (Wildman–Crippen MR) is 92.8 cm³/mol. The minimum atomic E-state index is -0.622. The van der Waals surface area contributed by atoms with Crippen LogP contribution in [-0.2, 0) is 11.8 Å². The highest BCUT2D eigenvalue weighted by molar-refractivity contribution is 7.12. The largest absolute Gasteiger partial charge is 0.350 e.